The molecule has 2 rings (SSSR count). The average molecular weight is 138 g/mol. The zero-order valence-electron chi connectivity index (χ0n) is 5.96. The normalized spacial score (nSPS) is 37.3. The summed E-state index contributed by atoms with van der Waals surface area (Å²) in [6.45, 7) is 2.03. The van der Waals surface area contributed by atoms with Crippen LogP contribution in [0.4, 0.5) is 0 Å². The number of carbonyl (C=O) groups excluding carboxylic acids is 1. The molecule has 1 aliphatic carbocycles. The van der Waals surface area contributed by atoms with Gasteiger partial charge in [-0.2, -0.15) is 0 Å². The van der Waals surface area contributed by atoms with Crippen molar-refractivity contribution >= 4 is 5.97 Å². The van der Waals surface area contributed by atoms with Gasteiger partial charge in [0.05, 0.1) is 6.42 Å². The first-order valence-electron chi connectivity index (χ1n) is 3.63. The quantitative estimate of drug-likeness (QED) is 0.372. The number of ether oxygens (including phenoxy) is 1. The first kappa shape index (κ1) is 5.96. The molecule has 1 aliphatic heterocycles. The number of esters is 1. The molecule has 0 unspecified atom stereocenters. The van der Waals surface area contributed by atoms with Crippen molar-refractivity contribution in [1.82, 2.24) is 0 Å². The SMILES string of the molecule is CC1=CC[C@@H]2CC(=O)O[C@H]12. The number of hydrogen-bond donors (Lipinski definition) is 0. The maximum atomic E-state index is 10.8. The molecule has 0 saturated carbocycles. The maximum absolute atomic E-state index is 10.8. The Balaban J connectivity index is 2.20. The van der Waals surface area contributed by atoms with Crippen molar-refractivity contribution in [2.45, 2.75) is 25.9 Å². The molecule has 2 heteroatoms. The third kappa shape index (κ3) is 0.681. The lowest BCUT2D eigenvalue weighted by molar-refractivity contribution is -0.140. The van der Waals surface area contributed by atoms with Gasteiger partial charge in [-0.3, -0.25) is 4.79 Å². The van der Waals surface area contributed by atoms with Crippen LogP contribution in [0, 0.1) is 5.92 Å². The highest BCUT2D eigenvalue weighted by atomic mass is 16.6. The van der Waals surface area contributed by atoms with Gasteiger partial charge in [-0.1, -0.05) is 6.08 Å². The molecule has 2 nitrogen and oxygen atoms in total. The van der Waals surface area contributed by atoms with Gasteiger partial charge < -0.3 is 4.74 Å². The predicted octanol–water partition coefficient (Wildman–Crippen LogP) is 1.27. The van der Waals surface area contributed by atoms with Crippen molar-refractivity contribution in [3.8, 4) is 0 Å². The summed E-state index contributed by atoms with van der Waals surface area (Å²) >= 11 is 0. The summed E-state index contributed by atoms with van der Waals surface area (Å²) in [5.74, 6) is 0.440. The molecule has 2 aliphatic rings. The van der Waals surface area contributed by atoms with Crippen LogP contribution < -0.4 is 0 Å². The Morgan fingerprint density at radius 1 is 1.70 bits per heavy atom. The van der Waals surface area contributed by atoms with E-state index in [1.165, 1.54) is 5.57 Å². The van der Waals surface area contributed by atoms with E-state index in [0.717, 1.165) is 6.42 Å². The molecule has 1 saturated heterocycles. The molecule has 54 valence electrons. The van der Waals surface area contributed by atoms with E-state index >= 15 is 0 Å². The van der Waals surface area contributed by atoms with Gasteiger partial charge in [0.15, 0.2) is 0 Å². The number of fused-ring (bicyclic) bond motifs is 1. The van der Waals surface area contributed by atoms with Crippen molar-refractivity contribution in [2.24, 2.45) is 5.92 Å². The van der Waals surface area contributed by atoms with Gasteiger partial charge in [0.2, 0.25) is 0 Å². The fourth-order valence-electron chi connectivity index (χ4n) is 1.73. The highest BCUT2D eigenvalue weighted by Gasteiger charge is 2.38. The van der Waals surface area contributed by atoms with Crippen molar-refractivity contribution in [3.63, 3.8) is 0 Å². The topological polar surface area (TPSA) is 26.3 Å². The minimum absolute atomic E-state index is 0.0255. The standard InChI is InChI=1S/C8H10O2/c1-5-2-3-6-4-7(9)10-8(5)6/h2,6,8H,3-4H2,1H3/t6-,8-/m1/s1. The molecular weight excluding hydrogens is 128 g/mol. The van der Waals surface area contributed by atoms with E-state index in [9.17, 15) is 4.79 Å². The lowest BCUT2D eigenvalue weighted by atomic mass is 10.0. The second-order valence-electron chi connectivity index (χ2n) is 3.06. The summed E-state index contributed by atoms with van der Waals surface area (Å²) < 4.78 is 5.09. The van der Waals surface area contributed by atoms with Crippen LogP contribution in [-0.4, -0.2) is 12.1 Å². The van der Waals surface area contributed by atoms with Crippen LogP contribution in [0.25, 0.3) is 0 Å². The molecule has 1 heterocycles. The van der Waals surface area contributed by atoms with E-state index in [1.54, 1.807) is 0 Å². The maximum Gasteiger partial charge on any atom is 0.306 e. The molecule has 0 radical (unpaired) electrons. The zero-order valence-corrected chi connectivity index (χ0v) is 5.96. The summed E-state index contributed by atoms with van der Waals surface area (Å²) in [5.41, 5.74) is 1.23. The van der Waals surface area contributed by atoms with Crippen LogP contribution >= 0.6 is 0 Å². The Labute approximate surface area is 59.9 Å². The lowest BCUT2D eigenvalue weighted by Crippen LogP contribution is -2.10. The second-order valence-corrected chi connectivity index (χ2v) is 3.06. The van der Waals surface area contributed by atoms with Gasteiger partial charge in [-0.25, -0.2) is 0 Å². The highest BCUT2D eigenvalue weighted by Crippen LogP contribution is 2.35. The minimum Gasteiger partial charge on any atom is -0.458 e. The number of rotatable bonds is 0. The van der Waals surface area contributed by atoms with Crippen LogP contribution in [-0.2, 0) is 9.53 Å². The molecule has 10 heavy (non-hydrogen) atoms. The zero-order chi connectivity index (χ0) is 7.14. The van der Waals surface area contributed by atoms with Crippen LogP contribution in [0.5, 0.6) is 0 Å². The number of carbonyl (C=O) groups is 1. The summed E-state index contributed by atoms with van der Waals surface area (Å²) in [7, 11) is 0. The highest BCUT2D eigenvalue weighted by molar-refractivity contribution is 5.73. The summed E-state index contributed by atoms with van der Waals surface area (Å²) in [6.07, 6.45) is 3.95. The smallest absolute Gasteiger partial charge is 0.306 e. The van der Waals surface area contributed by atoms with E-state index < -0.39 is 0 Å². The summed E-state index contributed by atoms with van der Waals surface area (Å²) in [4.78, 5) is 10.8. The monoisotopic (exact) mass is 138 g/mol. The number of hydrogen-bond acceptors (Lipinski definition) is 2. The van der Waals surface area contributed by atoms with Gasteiger partial charge in [0, 0.05) is 5.92 Å². The van der Waals surface area contributed by atoms with Gasteiger partial charge in [0.25, 0.3) is 0 Å². The summed E-state index contributed by atoms with van der Waals surface area (Å²) in [6, 6.07) is 0. The first-order chi connectivity index (χ1) is 4.77. The van der Waals surface area contributed by atoms with E-state index in [4.69, 9.17) is 4.74 Å². The van der Waals surface area contributed by atoms with Crippen molar-refractivity contribution in [2.75, 3.05) is 0 Å². The average Bonchev–Trinajstić information content (AvgIpc) is 2.35. The summed E-state index contributed by atoms with van der Waals surface area (Å²) in [5, 5.41) is 0. The Kier molecular flexibility index (Phi) is 1.10. The minimum atomic E-state index is -0.0255. The van der Waals surface area contributed by atoms with Crippen LogP contribution in [0.3, 0.4) is 0 Å². The largest absolute Gasteiger partial charge is 0.458 e. The molecule has 0 N–H and O–H groups in total. The molecular formula is C8H10O2. The molecule has 0 aromatic heterocycles. The van der Waals surface area contributed by atoms with E-state index in [1.807, 2.05) is 6.92 Å². The molecule has 0 aromatic carbocycles. The van der Waals surface area contributed by atoms with Crippen molar-refractivity contribution < 1.29 is 9.53 Å². The number of allylic oxidation sites excluding steroid dienone is 1. The molecule has 0 spiro atoms. The third-order valence-corrected chi connectivity index (χ3v) is 2.31. The van der Waals surface area contributed by atoms with Crippen LogP contribution in [0.2, 0.25) is 0 Å². The van der Waals surface area contributed by atoms with Gasteiger partial charge >= 0.3 is 5.97 Å². The van der Waals surface area contributed by atoms with Crippen molar-refractivity contribution in [3.05, 3.63) is 11.6 Å². The lowest BCUT2D eigenvalue weighted by Gasteiger charge is -2.08. The molecule has 0 bridgehead atoms. The van der Waals surface area contributed by atoms with Crippen LogP contribution in [0.15, 0.2) is 11.6 Å². The van der Waals surface area contributed by atoms with E-state index in [-0.39, 0.29) is 12.1 Å². The van der Waals surface area contributed by atoms with E-state index in [2.05, 4.69) is 6.08 Å². The predicted molar refractivity (Wildman–Crippen MR) is 36.4 cm³/mol. The third-order valence-electron chi connectivity index (χ3n) is 2.31. The van der Waals surface area contributed by atoms with Gasteiger partial charge in [-0.15, -0.1) is 0 Å². The van der Waals surface area contributed by atoms with E-state index in [0.29, 0.717) is 12.3 Å². The van der Waals surface area contributed by atoms with Crippen LogP contribution in [0.1, 0.15) is 19.8 Å². The first-order valence-corrected chi connectivity index (χ1v) is 3.63. The Morgan fingerprint density at radius 3 is 3.20 bits per heavy atom. The Hall–Kier alpha value is -0.790. The van der Waals surface area contributed by atoms with Gasteiger partial charge in [-0.05, 0) is 18.9 Å². The second kappa shape index (κ2) is 1.84. The van der Waals surface area contributed by atoms with Gasteiger partial charge in [0.1, 0.15) is 6.10 Å². The molecule has 0 aromatic rings. The molecule has 1 fully saturated rings. The Morgan fingerprint density at radius 2 is 2.50 bits per heavy atom. The fourth-order valence-corrected chi connectivity index (χ4v) is 1.73. The molecule has 0 amide bonds. The fraction of sp³-hybridized carbons (Fsp3) is 0.625. The Bertz CT molecular complexity index is 205. The van der Waals surface area contributed by atoms with Crippen molar-refractivity contribution in [1.29, 1.82) is 0 Å². The molecule has 2 atom stereocenters.